The first-order valence-electron chi connectivity index (χ1n) is 5.91. The number of hydrogen-bond donors (Lipinski definition) is 0. The highest BCUT2D eigenvalue weighted by Crippen LogP contribution is 2.20. The predicted molar refractivity (Wildman–Crippen MR) is 65.7 cm³/mol. The Morgan fingerprint density at radius 2 is 2.12 bits per heavy atom. The summed E-state index contributed by atoms with van der Waals surface area (Å²) in [6.07, 6.45) is 5.45. The Labute approximate surface area is 101 Å². The molecule has 1 aliphatic heterocycles. The van der Waals surface area contributed by atoms with Crippen LogP contribution in [-0.4, -0.2) is 48.0 Å². The van der Waals surface area contributed by atoms with E-state index in [-0.39, 0.29) is 11.8 Å². The summed E-state index contributed by atoms with van der Waals surface area (Å²) in [5, 5.41) is 0. The molecule has 0 bridgehead atoms. The van der Waals surface area contributed by atoms with Crippen LogP contribution in [0.15, 0.2) is 18.5 Å². The van der Waals surface area contributed by atoms with Crippen LogP contribution in [0.25, 0.3) is 0 Å². The highest BCUT2D eigenvalue weighted by Gasteiger charge is 2.27. The first-order chi connectivity index (χ1) is 8.18. The van der Waals surface area contributed by atoms with Crippen molar-refractivity contribution in [2.45, 2.75) is 12.8 Å². The Bertz CT molecular complexity index is 379. The van der Waals surface area contributed by atoms with Crippen LogP contribution in [0.2, 0.25) is 0 Å². The molecule has 1 aromatic rings. The fourth-order valence-corrected chi connectivity index (χ4v) is 2.18. The van der Waals surface area contributed by atoms with Crippen LogP contribution in [0, 0.1) is 5.92 Å². The zero-order valence-electron chi connectivity index (χ0n) is 10.3. The van der Waals surface area contributed by atoms with E-state index in [1.54, 1.807) is 37.5 Å². The lowest BCUT2D eigenvalue weighted by Gasteiger charge is -2.33. The maximum Gasteiger partial charge on any atom is 0.226 e. The fourth-order valence-electron chi connectivity index (χ4n) is 2.18. The Hall–Kier alpha value is -1.65. The molecule has 2 heterocycles. The molecule has 1 amide bonds. The molecular formula is C12H18N4O. The fraction of sp³-hybridized carbons (Fsp3) is 0.583. The number of aromatic nitrogens is 2. The average Bonchev–Trinajstić information content (AvgIpc) is 2.39. The Kier molecular flexibility index (Phi) is 3.56. The van der Waals surface area contributed by atoms with Crippen LogP contribution >= 0.6 is 0 Å². The number of carbonyl (C=O) groups is 1. The summed E-state index contributed by atoms with van der Waals surface area (Å²) in [5.41, 5.74) is 0. The number of carbonyl (C=O) groups excluding carboxylic acids is 1. The third-order valence-electron chi connectivity index (χ3n) is 3.05. The number of rotatable bonds is 2. The minimum Gasteiger partial charge on any atom is -0.349 e. The van der Waals surface area contributed by atoms with E-state index in [0.29, 0.717) is 0 Å². The zero-order valence-corrected chi connectivity index (χ0v) is 10.3. The van der Waals surface area contributed by atoms with Gasteiger partial charge in [-0.1, -0.05) is 0 Å². The third kappa shape index (κ3) is 2.72. The Balaban J connectivity index is 2.05. The van der Waals surface area contributed by atoms with Crippen molar-refractivity contribution in [3.8, 4) is 0 Å². The van der Waals surface area contributed by atoms with E-state index in [9.17, 15) is 4.79 Å². The van der Waals surface area contributed by atoms with E-state index in [4.69, 9.17) is 0 Å². The number of anilines is 1. The van der Waals surface area contributed by atoms with E-state index >= 15 is 0 Å². The monoisotopic (exact) mass is 234 g/mol. The maximum absolute atomic E-state index is 11.9. The van der Waals surface area contributed by atoms with E-state index in [1.165, 1.54) is 0 Å². The molecule has 0 N–H and O–H groups in total. The zero-order chi connectivity index (χ0) is 12.3. The molecule has 1 saturated heterocycles. The Morgan fingerprint density at radius 1 is 1.41 bits per heavy atom. The second-order valence-electron chi connectivity index (χ2n) is 4.57. The van der Waals surface area contributed by atoms with Crippen molar-refractivity contribution >= 4 is 11.9 Å². The topological polar surface area (TPSA) is 49.3 Å². The molecule has 0 radical (unpaired) electrons. The van der Waals surface area contributed by atoms with Crippen molar-refractivity contribution in [3.63, 3.8) is 0 Å². The quantitative estimate of drug-likeness (QED) is 0.759. The minimum atomic E-state index is 0.0718. The standard InChI is InChI=1S/C12H18N4O/c1-15(2)11(17)10-5-3-8-16(9-10)12-13-6-4-7-14-12/h4,6-7,10H,3,5,8-9H2,1-2H3. The first kappa shape index (κ1) is 11.8. The van der Waals surface area contributed by atoms with Gasteiger partial charge in [-0.25, -0.2) is 9.97 Å². The summed E-state index contributed by atoms with van der Waals surface area (Å²) in [6.45, 7) is 1.66. The highest BCUT2D eigenvalue weighted by atomic mass is 16.2. The number of nitrogens with zero attached hydrogens (tertiary/aromatic N) is 4. The van der Waals surface area contributed by atoms with Crippen LogP contribution in [0.1, 0.15) is 12.8 Å². The van der Waals surface area contributed by atoms with Gasteiger partial charge in [0.05, 0.1) is 5.92 Å². The van der Waals surface area contributed by atoms with E-state index in [1.807, 2.05) is 0 Å². The molecular weight excluding hydrogens is 216 g/mol. The summed E-state index contributed by atoms with van der Waals surface area (Å²) < 4.78 is 0. The summed E-state index contributed by atoms with van der Waals surface area (Å²) in [5.74, 6) is 0.997. The van der Waals surface area contributed by atoms with Gasteiger partial charge < -0.3 is 9.80 Å². The molecule has 5 heteroatoms. The molecule has 0 saturated carbocycles. The van der Waals surface area contributed by atoms with Crippen LogP contribution in [0.3, 0.4) is 0 Å². The smallest absolute Gasteiger partial charge is 0.226 e. The van der Waals surface area contributed by atoms with Crippen molar-refractivity contribution < 1.29 is 4.79 Å². The van der Waals surface area contributed by atoms with Crippen molar-refractivity contribution in [1.29, 1.82) is 0 Å². The molecule has 92 valence electrons. The highest BCUT2D eigenvalue weighted by molar-refractivity contribution is 5.79. The molecule has 1 aliphatic rings. The largest absolute Gasteiger partial charge is 0.349 e. The molecule has 1 unspecified atom stereocenters. The Morgan fingerprint density at radius 3 is 2.76 bits per heavy atom. The molecule has 0 spiro atoms. The molecule has 1 atom stereocenters. The average molecular weight is 234 g/mol. The number of amides is 1. The van der Waals surface area contributed by atoms with Crippen molar-refractivity contribution in [2.24, 2.45) is 5.92 Å². The molecule has 5 nitrogen and oxygen atoms in total. The molecule has 2 rings (SSSR count). The normalized spacial score (nSPS) is 20.1. The summed E-state index contributed by atoms with van der Waals surface area (Å²) >= 11 is 0. The van der Waals surface area contributed by atoms with Crippen molar-refractivity contribution in [1.82, 2.24) is 14.9 Å². The van der Waals surface area contributed by atoms with Gasteiger partial charge in [0.1, 0.15) is 0 Å². The van der Waals surface area contributed by atoms with Crippen LogP contribution in [-0.2, 0) is 4.79 Å². The van der Waals surface area contributed by atoms with E-state index < -0.39 is 0 Å². The van der Waals surface area contributed by atoms with Crippen LogP contribution in [0.4, 0.5) is 5.95 Å². The lowest BCUT2D eigenvalue weighted by molar-refractivity contribution is -0.133. The van der Waals surface area contributed by atoms with E-state index in [2.05, 4.69) is 14.9 Å². The number of piperidine rings is 1. The van der Waals surface area contributed by atoms with Crippen molar-refractivity contribution in [3.05, 3.63) is 18.5 Å². The molecule has 1 fully saturated rings. The van der Waals surface area contributed by atoms with E-state index in [0.717, 1.165) is 31.9 Å². The van der Waals surface area contributed by atoms with Crippen LogP contribution in [0.5, 0.6) is 0 Å². The van der Waals surface area contributed by atoms with Gasteiger partial charge in [-0.2, -0.15) is 0 Å². The van der Waals surface area contributed by atoms with Gasteiger partial charge in [-0.3, -0.25) is 4.79 Å². The molecule has 1 aromatic heterocycles. The second-order valence-corrected chi connectivity index (χ2v) is 4.57. The molecule has 17 heavy (non-hydrogen) atoms. The van der Waals surface area contributed by atoms with Crippen molar-refractivity contribution in [2.75, 3.05) is 32.1 Å². The van der Waals surface area contributed by atoms with Gasteiger partial charge in [-0.05, 0) is 18.9 Å². The molecule has 0 aromatic carbocycles. The maximum atomic E-state index is 11.9. The third-order valence-corrected chi connectivity index (χ3v) is 3.05. The van der Waals surface area contributed by atoms with Crippen LogP contribution < -0.4 is 4.90 Å². The second kappa shape index (κ2) is 5.12. The van der Waals surface area contributed by atoms with Gasteiger partial charge in [-0.15, -0.1) is 0 Å². The molecule has 0 aliphatic carbocycles. The summed E-state index contributed by atoms with van der Waals surface area (Å²) in [7, 11) is 3.61. The first-order valence-corrected chi connectivity index (χ1v) is 5.91. The summed E-state index contributed by atoms with van der Waals surface area (Å²) in [6, 6.07) is 1.80. The van der Waals surface area contributed by atoms with Gasteiger partial charge in [0.25, 0.3) is 0 Å². The van der Waals surface area contributed by atoms with Gasteiger partial charge >= 0.3 is 0 Å². The van der Waals surface area contributed by atoms with Gasteiger partial charge in [0.15, 0.2) is 0 Å². The summed E-state index contributed by atoms with van der Waals surface area (Å²) in [4.78, 5) is 24.2. The lowest BCUT2D eigenvalue weighted by Crippen LogP contribution is -2.43. The van der Waals surface area contributed by atoms with Gasteiger partial charge in [0, 0.05) is 39.6 Å². The number of hydrogen-bond acceptors (Lipinski definition) is 4. The minimum absolute atomic E-state index is 0.0718. The van der Waals surface area contributed by atoms with Gasteiger partial charge in [0.2, 0.25) is 11.9 Å². The lowest BCUT2D eigenvalue weighted by atomic mass is 9.97. The SMILES string of the molecule is CN(C)C(=O)C1CCCN(c2ncccn2)C1. The predicted octanol–water partition coefficient (Wildman–Crippen LogP) is 0.781.